The van der Waals surface area contributed by atoms with Crippen LogP contribution in [0.25, 0.3) is 10.9 Å². The number of morpholine rings is 1. The van der Waals surface area contributed by atoms with Crippen LogP contribution in [0.1, 0.15) is 17.0 Å². The number of fused-ring (bicyclic) bond motifs is 1. The van der Waals surface area contributed by atoms with E-state index in [-0.39, 0.29) is 25.3 Å². The van der Waals surface area contributed by atoms with Crippen LogP contribution in [0.4, 0.5) is 19.0 Å². The average molecular weight is 507 g/mol. The average Bonchev–Trinajstić information content (AvgIpc) is 2.88. The van der Waals surface area contributed by atoms with Crippen molar-refractivity contribution in [2.24, 2.45) is 0 Å². The summed E-state index contributed by atoms with van der Waals surface area (Å²) in [5, 5.41) is 6.55. The topological polar surface area (TPSA) is 86.8 Å². The lowest BCUT2D eigenvalue weighted by molar-refractivity contribution is -0.153. The van der Waals surface area contributed by atoms with Crippen molar-refractivity contribution < 1.29 is 32.1 Å². The Hall–Kier alpha value is -3.15. The summed E-state index contributed by atoms with van der Waals surface area (Å²) in [6, 6.07) is 7.41. The van der Waals surface area contributed by atoms with Gasteiger partial charge in [-0.1, -0.05) is 12.1 Å². The summed E-state index contributed by atoms with van der Waals surface area (Å²) in [4.78, 5) is 8.89. The van der Waals surface area contributed by atoms with Crippen molar-refractivity contribution in [2.75, 3.05) is 52.4 Å². The molecule has 194 valence electrons. The van der Waals surface area contributed by atoms with Crippen LogP contribution in [-0.2, 0) is 21.9 Å². The van der Waals surface area contributed by atoms with Gasteiger partial charge >= 0.3 is 5.92 Å². The Morgan fingerprint density at radius 1 is 1.17 bits per heavy atom. The molecule has 8 nitrogen and oxygen atoms in total. The highest BCUT2D eigenvalue weighted by Gasteiger charge is 2.45. The summed E-state index contributed by atoms with van der Waals surface area (Å²) in [6.45, 7) is 2.91. The van der Waals surface area contributed by atoms with Crippen LogP contribution >= 0.6 is 0 Å². The van der Waals surface area contributed by atoms with Crippen LogP contribution in [0, 0.1) is 12.7 Å². The van der Waals surface area contributed by atoms with Crippen molar-refractivity contribution >= 4 is 16.7 Å². The van der Waals surface area contributed by atoms with E-state index in [0.29, 0.717) is 53.8 Å². The van der Waals surface area contributed by atoms with Gasteiger partial charge in [0, 0.05) is 43.8 Å². The highest BCUT2D eigenvalue weighted by molar-refractivity contribution is 5.91. The van der Waals surface area contributed by atoms with E-state index in [4.69, 9.17) is 18.9 Å². The molecule has 11 heteroatoms. The number of nitrogens with zero attached hydrogens (tertiary/aromatic N) is 2. The zero-order chi connectivity index (χ0) is 25.7. The van der Waals surface area contributed by atoms with Crippen LogP contribution in [0.5, 0.6) is 11.5 Å². The van der Waals surface area contributed by atoms with Gasteiger partial charge < -0.3 is 29.6 Å². The molecule has 0 bridgehead atoms. The number of rotatable bonds is 10. The van der Waals surface area contributed by atoms with Crippen molar-refractivity contribution in [3.05, 3.63) is 53.1 Å². The molecule has 2 N–H and O–H groups in total. The van der Waals surface area contributed by atoms with E-state index >= 15 is 13.2 Å². The van der Waals surface area contributed by atoms with Gasteiger partial charge in [0.1, 0.15) is 30.2 Å². The quantitative estimate of drug-likeness (QED) is 0.402. The predicted octanol–water partition coefficient (Wildman–Crippen LogP) is 3.80. The number of methoxy groups -OCH3 is 2. The summed E-state index contributed by atoms with van der Waals surface area (Å²) < 4.78 is 66.8. The van der Waals surface area contributed by atoms with Crippen molar-refractivity contribution in [1.29, 1.82) is 0 Å². The molecule has 1 saturated heterocycles. The van der Waals surface area contributed by atoms with Gasteiger partial charge in [-0.15, -0.1) is 0 Å². The van der Waals surface area contributed by atoms with Gasteiger partial charge in [0.15, 0.2) is 11.5 Å². The van der Waals surface area contributed by atoms with E-state index in [0.717, 1.165) is 6.07 Å². The number of aromatic nitrogens is 2. The Morgan fingerprint density at radius 2 is 2.00 bits per heavy atom. The fraction of sp³-hybridized carbons (Fsp3) is 0.440. The number of anilines is 1. The first kappa shape index (κ1) is 25.9. The highest BCUT2D eigenvalue weighted by Crippen LogP contribution is 2.37. The number of nitrogens with one attached hydrogen (secondary N) is 2. The van der Waals surface area contributed by atoms with E-state index in [9.17, 15) is 0 Å². The number of aryl methyl sites for hydroxylation is 1. The summed E-state index contributed by atoms with van der Waals surface area (Å²) >= 11 is 0. The molecule has 2 aromatic carbocycles. The Labute approximate surface area is 207 Å². The first-order valence-corrected chi connectivity index (χ1v) is 11.5. The van der Waals surface area contributed by atoms with Gasteiger partial charge in [-0.05, 0) is 19.1 Å². The highest BCUT2D eigenvalue weighted by atomic mass is 19.3. The SMILES string of the molecule is COCCOc1cc2c(NCc3cccc(C(F)(F)C4CNCCO4)c3F)nc(C)nc2cc1OC. The second-order valence-electron chi connectivity index (χ2n) is 8.30. The maximum Gasteiger partial charge on any atom is 0.302 e. The number of ether oxygens (including phenoxy) is 4. The van der Waals surface area contributed by atoms with Crippen molar-refractivity contribution in [1.82, 2.24) is 15.3 Å². The lowest BCUT2D eigenvalue weighted by Gasteiger charge is -2.31. The molecule has 1 atom stereocenters. The third kappa shape index (κ3) is 5.48. The number of alkyl halides is 2. The standard InChI is InChI=1S/C25H29F3N4O4/c1-15-31-19-12-20(34-3)21(35-10-9-33-2)11-17(19)24(32-15)30-13-16-5-4-6-18(23(16)26)25(27,28)22-14-29-7-8-36-22/h4-6,11-12,22,29H,7-10,13-14H2,1-3H3,(H,30,31,32). The molecule has 0 saturated carbocycles. The second-order valence-corrected chi connectivity index (χ2v) is 8.30. The normalized spacial score (nSPS) is 16.2. The van der Waals surface area contributed by atoms with Crippen LogP contribution in [0.3, 0.4) is 0 Å². The Balaban J connectivity index is 1.62. The van der Waals surface area contributed by atoms with Crippen LogP contribution in [0.2, 0.25) is 0 Å². The smallest absolute Gasteiger partial charge is 0.302 e. The molecule has 0 amide bonds. The molecular formula is C25H29F3N4O4. The van der Waals surface area contributed by atoms with E-state index in [1.807, 2.05) is 0 Å². The lowest BCUT2D eigenvalue weighted by atomic mass is 9.99. The van der Waals surface area contributed by atoms with E-state index in [1.165, 1.54) is 19.2 Å². The Morgan fingerprint density at radius 3 is 2.72 bits per heavy atom. The molecule has 1 aliphatic rings. The van der Waals surface area contributed by atoms with Gasteiger partial charge in [0.25, 0.3) is 0 Å². The van der Waals surface area contributed by atoms with Gasteiger partial charge in [-0.2, -0.15) is 8.78 Å². The molecule has 2 heterocycles. The van der Waals surface area contributed by atoms with Crippen molar-refractivity contribution in [2.45, 2.75) is 25.5 Å². The maximum atomic E-state index is 15.3. The zero-order valence-electron chi connectivity index (χ0n) is 20.4. The lowest BCUT2D eigenvalue weighted by Crippen LogP contribution is -2.47. The van der Waals surface area contributed by atoms with Gasteiger partial charge in [0.05, 0.1) is 31.4 Å². The molecule has 0 aliphatic carbocycles. The number of benzene rings is 2. The molecule has 0 spiro atoms. The van der Waals surface area contributed by atoms with E-state index in [2.05, 4.69) is 20.6 Å². The number of hydrogen-bond acceptors (Lipinski definition) is 8. The fourth-order valence-electron chi connectivity index (χ4n) is 4.02. The van der Waals surface area contributed by atoms with Gasteiger partial charge in [-0.3, -0.25) is 0 Å². The maximum absolute atomic E-state index is 15.3. The first-order valence-electron chi connectivity index (χ1n) is 11.5. The number of hydrogen-bond donors (Lipinski definition) is 2. The molecule has 1 aromatic heterocycles. The minimum Gasteiger partial charge on any atom is -0.493 e. The minimum absolute atomic E-state index is 0.0562. The predicted molar refractivity (Wildman–Crippen MR) is 128 cm³/mol. The van der Waals surface area contributed by atoms with Crippen LogP contribution in [-0.4, -0.2) is 63.2 Å². The Bertz CT molecular complexity index is 1210. The van der Waals surface area contributed by atoms with Crippen LogP contribution in [0.15, 0.2) is 30.3 Å². The fourth-order valence-corrected chi connectivity index (χ4v) is 4.02. The zero-order valence-corrected chi connectivity index (χ0v) is 20.4. The third-order valence-electron chi connectivity index (χ3n) is 5.85. The van der Waals surface area contributed by atoms with Gasteiger partial charge in [0.2, 0.25) is 0 Å². The molecule has 1 aliphatic heterocycles. The second kappa shape index (κ2) is 11.3. The first-order chi connectivity index (χ1) is 17.3. The van der Waals surface area contributed by atoms with Crippen molar-refractivity contribution in [3.63, 3.8) is 0 Å². The minimum atomic E-state index is -3.49. The molecule has 1 fully saturated rings. The molecule has 36 heavy (non-hydrogen) atoms. The molecule has 1 unspecified atom stereocenters. The summed E-state index contributed by atoms with van der Waals surface area (Å²) in [7, 11) is 3.10. The molecule has 3 aromatic rings. The summed E-state index contributed by atoms with van der Waals surface area (Å²) in [5.74, 6) is -2.63. The largest absolute Gasteiger partial charge is 0.493 e. The number of halogens is 3. The van der Waals surface area contributed by atoms with E-state index < -0.39 is 23.4 Å². The van der Waals surface area contributed by atoms with Crippen molar-refractivity contribution in [3.8, 4) is 11.5 Å². The molecule has 4 rings (SSSR count). The van der Waals surface area contributed by atoms with Gasteiger partial charge in [-0.25, -0.2) is 14.4 Å². The monoisotopic (exact) mass is 506 g/mol. The molecular weight excluding hydrogens is 477 g/mol. The summed E-state index contributed by atoms with van der Waals surface area (Å²) in [5.41, 5.74) is -0.0353. The Kier molecular flexibility index (Phi) is 8.12. The van der Waals surface area contributed by atoms with Crippen LogP contribution < -0.4 is 20.1 Å². The van der Waals surface area contributed by atoms with E-state index in [1.54, 1.807) is 26.2 Å². The third-order valence-corrected chi connectivity index (χ3v) is 5.85. The molecule has 0 radical (unpaired) electrons. The summed E-state index contributed by atoms with van der Waals surface area (Å²) in [6.07, 6.45) is -1.44.